The fourth-order valence-corrected chi connectivity index (χ4v) is 4.35. The van der Waals surface area contributed by atoms with E-state index in [0.29, 0.717) is 24.1 Å². The van der Waals surface area contributed by atoms with Gasteiger partial charge >= 0.3 is 0 Å². The van der Waals surface area contributed by atoms with Gasteiger partial charge < -0.3 is 10.2 Å². The van der Waals surface area contributed by atoms with Crippen LogP contribution in [0.25, 0.3) is 0 Å². The van der Waals surface area contributed by atoms with Gasteiger partial charge in [-0.3, -0.25) is 9.69 Å². The molecule has 3 aliphatic rings. The van der Waals surface area contributed by atoms with Crippen LogP contribution in [0.3, 0.4) is 0 Å². The summed E-state index contributed by atoms with van der Waals surface area (Å²) in [6.45, 7) is 6.81. The van der Waals surface area contributed by atoms with Crippen molar-refractivity contribution in [1.82, 2.24) is 15.2 Å². The molecule has 1 aromatic heterocycles. The van der Waals surface area contributed by atoms with E-state index in [-0.39, 0.29) is 5.91 Å². The number of hydrogen-bond donors (Lipinski definition) is 1. The summed E-state index contributed by atoms with van der Waals surface area (Å²) < 4.78 is 0. The number of nitrogens with zero attached hydrogens (tertiary/aromatic N) is 3. The predicted molar refractivity (Wildman–Crippen MR) is 108 cm³/mol. The Bertz CT molecular complexity index is 762. The van der Waals surface area contributed by atoms with Gasteiger partial charge in [0.1, 0.15) is 5.82 Å². The number of aromatic nitrogens is 1. The van der Waals surface area contributed by atoms with Crippen molar-refractivity contribution in [3.05, 3.63) is 59.8 Å². The zero-order valence-corrected chi connectivity index (χ0v) is 16.0. The highest BCUT2D eigenvalue weighted by Crippen LogP contribution is 2.31. The molecular formula is C22H28N4O. The average Bonchev–Trinajstić information content (AvgIpc) is 3.01. The zero-order valence-electron chi connectivity index (χ0n) is 16.0. The summed E-state index contributed by atoms with van der Waals surface area (Å²) in [6.07, 6.45) is 4.25. The van der Waals surface area contributed by atoms with E-state index in [4.69, 9.17) is 0 Å². The summed E-state index contributed by atoms with van der Waals surface area (Å²) in [5.74, 6) is 1.61. The van der Waals surface area contributed by atoms with E-state index >= 15 is 0 Å². The van der Waals surface area contributed by atoms with Crippen LogP contribution in [0.4, 0.5) is 5.82 Å². The summed E-state index contributed by atoms with van der Waals surface area (Å²) in [4.78, 5) is 21.6. The standard InChI is InChI=1S/C22H28N4O/c1-2-23-22(27)19-9-11-21(24-12-19)26-15-18-8-10-20(16-26)25(14-18)13-17-6-4-3-5-7-17/h3-7,9,11-12,18,20H,2,8,10,13-16H2,1H3,(H,23,27)/t18-,20-/m0/s1. The van der Waals surface area contributed by atoms with Crippen molar-refractivity contribution in [3.63, 3.8) is 0 Å². The fourth-order valence-electron chi connectivity index (χ4n) is 4.35. The lowest BCUT2D eigenvalue weighted by molar-refractivity contribution is 0.0955. The van der Waals surface area contributed by atoms with Crippen LogP contribution < -0.4 is 10.2 Å². The lowest BCUT2D eigenvalue weighted by Crippen LogP contribution is -2.43. The van der Waals surface area contributed by atoms with E-state index in [9.17, 15) is 4.79 Å². The minimum absolute atomic E-state index is 0.0541. The first-order valence-corrected chi connectivity index (χ1v) is 10.00. The summed E-state index contributed by atoms with van der Waals surface area (Å²) in [7, 11) is 0. The Morgan fingerprint density at radius 3 is 2.70 bits per heavy atom. The van der Waals surface area contributed by atoms with Crippen LogP contribution in [0.2, 0.25) is 0 Å². The van der Waals surface area contributed by atoms with Crippen LogP contribution >= 0.6 is 0 Å². The average molecular weight is 364 g/mol. The van der Waals surface area contributed by atoms with E-state index in [1.807, 2.05) is 19.1 Å². The van der Waals surface area contributed by atoms with Crippen LogP contribution in [-0.2, 0) is 6.54 Å². The van der Waals surface area contributed by atoms with Crippen molar-refractivity contribution in [2.75, 3.05) is 31.1 Å². The fraction of sp³-hybridized carbons (Fsp3) is 0.455. The predicted octanol–water partition coefficient (Wildman–Crippen LogP) is 2.93. The number of fused-ring (bicyclic) bond motifs is 4. The Hall–Kier alpha value is -2.40. The summed E-state index contributed by atoms with van der Waals surface area (Å²) >= 11 is 0. The van der Waals surface area contributed by atoms with Crippen molar-refractivity contribution >= 4 is 11.7 Å². The number of benzene rings is 1. The Labute approximate surface area is 161 Å². The Morgan fingerprint density at radius 1 is 1.11 bits per heavy atom. The second kappa shape index (κ2) is 8.09. The van der Waals surface area contributed by atoms with Crippen LogP contribution in [0.5, 0.6) is 0 Å². The molecule has 2 aromatic rings. The number of nitrogens with one attached hydrogen (secondary N) is 1. The number of anilines is 1. The highest BCUT2D eigenvalue weighted by molar-refractivity contribution is 5.94. The van der Waals surface area contributed by atoms with Gasteiger partial charge in [-0.05, 0) is 43.4 Å². The molecule has 5 heteroatoms. The first kappa shape index (κ1) is 18.0. The summed E-state index contributed by atoms with van der Waals surface area (Å²) in [5, 5.41) is 2.82. The Balaban J connectivity index is 1.46. The number of pyridine rings is 1. The number of piperidine rings is 1. The van der Waals surface area contributed by atoms with Gasteiger partial charge in [0.15, 0.2) is 0 Å². The van der Waals surface area contributed by atoms with Crippen molar-refractivity contribution in [2.45, 2.75) is 32.4 Å². The molecule has 2 atom stereocenters. The maximum atomic E-state index is 11.9. The van der Waals surface area contributed by atoms with Crippen LogP contribution in [0.15, 0.2) is 48.7 Å². The van der Waals surface area contributed by atoms with Crippen molar-refractivity contribution in [3.8, 4) is 0 Å². The third-order valence-electron chi connectivity index (χ3n) is 5.73. The molecule has 0 unspecified atom stereocenters. The molecule has 27 heavy (non-hydrogen) atoms. The second-order valence-electron chi connectivity index (χ2n) is 7.68. The summed E-state index contributed by atoms with van der Waals surface area (Å²) in [6, 6.07) is 15.2. The van der Waals surface area contributed by atoms with Gasteiger partial charge in [-0.1, -0.05) is 30.3 Å². The van der Waals surface area contributed by atoms with Crippen molar-refractivity contribution < 1.29 is 4.79 Å². The second-order valence-corrected chi connectivity index (χ2v) is 7.68. The maximum absolute atomic E-state index is 11.9. The largest absolute Gasteiger partial charge is 0.355 e. The number of amides is 1. The molecule has 142 valence electrons. The molecule has 0 saturated carbocycles. The van der Waals surface area contributed by atoms with E-state index in [0.717, 1.165) is 32.0 Å². The minimum atomic E-state index is -0.0541. The van der Waals surface area contributed by atoms with Crippen molar-refractivity contribution in [2.24, 2.45) is 5.92 Å². The van der Waals surface area contributed by atoms with Gasteiger partial charge in [0, 0.05) is 45.0 Å². The van der Waals surface area contributed by atoms with Gasteiger partial charge in [0.2, 0.25) is 0 Å². The number of carbonyl (C=O) groups excluding carboxylic acids is 1. The number of rotatable bonds is 5. The zero-order chi connectivity index (χ0) is 18.6. The third-order valence-corrected chi connectivity index (χ3v) is 5.73. The molecule has 0 aliphatic carbocycles. The van der Waals surface area contributed by atoms with Gasteiger partial charge in [-0.25, -0.2) is 4.98 Å². The molecule has 1 N–H and O–H groups in total. The highest BCUT2D eigenvalue weighted by atomic mass is 16.1. The summed E-state index contributed by atoms with van der Waals surface area (Å²) in [5.41, 5.74) is 2.02. The van der Waals surface area contributed by atoms with E-state index in [1.54, 1.807) is 6.20 Å². The number of hydrogen-bond acceptors (Lipinski definition) is 4. The lowest BCUT2D eigenvalue weighted by atomic mass is 9.94. The SMILES string of the molecule is CCNC(=O)c1ccc(N2C[C@H]3CC[C@@H](C2)N(Cc2ccccc2)C3)nc1. The third kappa shape index (κ3) is 4.14. The maximum Gasteiger partial charge on any atom is 0.252 e. The quantitative estimate of drug-likeness (QED) is 0.886. The topological polar surface area (TPSA) is 48.5 Å². The molecule has 3 aliphatic heterocycles. The molecule has 0 radical (unpaired) electrons. The first-order valence-electron chi connectivity index (χ1n) is 10.00. The van der Waals surface area contributed by atoms with E-state index < -0.39 is 0 Å². The lowest BCUT2D eigenvalue weighted by Gasteiger charge is -2.36. The highest BCUT2D eigenvalue weighted by Gasteiger charge is 2.35. The molecule has 1 amide bonds. The van der Waals surface area contributed by atoms with Crippen molar-refractivity contribution in [1.29, 1.82) is 0 Å². The van der Waals surface area contributed by atoms with Crippen LogP contribution in [0, 0.1) is 5.92 Å². The smallest absolute Gasteiger partial charge is 0.252 e. The van der Waals surface area contributed by atoms with Crippen LogP contribution in [0.1, 0.15) is 35.7 Å². The van der Waals surface area contributed by atoms with E-state index in [2.05, 4.69) is 50.4 Å². The van der Waals surface area contributed by atoms with Gasteiger partial charge in [0.05, 0.1) is 5.56 Å². The minimum Gasteiger partial charge on any atom is -0.355 e. The molecule has 0 spiro atoms. The van der Waals surface area contributed by atoms with Crippen LogP contribution in [-0.4, -0.2) is 48.0 Å². The molecule has 4 heterocycles. The molecule has 5 rings (SSSR count). The van der Waals surface area contributed by atoms with Gasteiger partial charge in [-0.2, -0.15) is 0 Å². The Morgan fingerprint density at radius 2 is 1.96 bits per heavy atom. The number of carbonyl (C=O) groups is 1. The molecule has 2 bridgehead atoms. The van der Waals surface area contributed by atoms with E-state index in [1.165, 1.54) is 18.4 Å². The molecule has 5 nitrogen and oxygen atoms in total. The molecule has 3 fully saturated rings. The molecular weight excluding hydrogens is 336 g/mol. The monoisotopic (exact) mass is 364 g/mol. The Kier molecular flexibility index (Phi) is 5.39. The van der Waals surface area contributed by atoms with Gasteiger partial charge in [0.25, 0.3) is 5.91 Å². The normalized spacial score (nSPS) is 22.5. The molecule has 3 saturated heterocycles. The molecule has 1 aromatic carbocycles. The van der Waals surface area contributed by atoms with Gasteiger partial charge in [-0.15, -0.1) is 0 Å². The first-order chi connectivity index (χ1) is 13.2.